The number of benzene rings is 2. The zero-order valence-electron chi connectivity index (χ0n) is 14.6. The van der Waals surface area contributed by atoms with Crippen LogP contribution in [-0.2, 0) is 4.79 Å². The number of amides is 2. The summed E-state index contributed by atoms with van der Waals surface area (Å²) in [6.07, 6.45) is 2.82. The van der Waals surface area contributed by atoms with Gasteiger partial charge in [-0.3, -0.25) is 20.4 Å². The van der Waals surface area contributed by atoms with Gasteiger partial charge in [-0.15, -0.1) is 0 Å². The summed E-state index contributed by atoms with van der Waals surface area (Å²) < 4.78 is 10.4. The van der Waals surface area contributed by atoms with Crippen molar-refractivity contribution in [3.63, 3.8) is 0 Å². The van der Waals surface area contributed by atoms with Gasteiger partial charge in [0.1, 0.15) is 0 Å². The molecule has 0 radical (unpaired) electrons. The molecular formula is C19H19ClN2O4. The van der Waals surface area contributed by atoms with Crippen molar-refractivity contribution in [2.24, 2.45) is 0 Å². The highest BCUT2D eigenvalue weighted by atomic mass is 35.5. The maximum absolute atomic E-state index is 12.0. The summed E-state index contributed by atoms with van der Waals surface area (Å²) in [4.78, 5) is 23.9. The van der Waals surface area contributed by atoms with E-state index in [4.69, 9.17) is 21.1 Å². The Morgan fingerprint density at radius 3 is 2.46 bits per heavy atom. The van der Waals surface area contributed by atoms with E-state index in [1.807, 2.05) is 19.1 Å². The van der Waals surface area contributed by atoms with Crippen molar-refractivity contribution >= 4 is 29.5 Å². The van der Waals surface area contributed by atoms with Gasteiger partial charge in [0.2, 0.25) is 0 Å². The number of hydrogen-bond donors (Lipinski definition) is 2. The fourth-order valence-corrected chi connectivity index (χ4v) is 2.56. The molecule has 7 heteroatoms. The van der Waals surface area contributed by atoms with E-state index >= 15 is 0 Å². The van der Waals surface area contributed by atoms with Gasteiger partial charge < -0.3 is 9.47 Å². The van der Waals surface area contributed by atoms with Crippen LogP contribution in [-0.4, -0.2) is 26.0 Å². The summed E-state index contributed by atoms with van der Waals surface area (Å²) in [6.45, 7) is 1.82. The number of carbonyl (C=O) groups is 2. The molecule has 0 bridgehead atoms. The fraction of sp³-hybridized carbons (Fsp3) is 0.158. The van der Waals surface area contributed by atoms with E-state index in [1.54, 1.807) is 30.3 Å². The van der Waals surface area contributed by atoms with Gasteiger partial charge in [-0.25, -0.2) is 0 Å². The highest BCUT2D eigenvalue weighted by Gasteiger charge is 2.10. The lowest BCUT2D eigenvalue weighted by Crippen LogP contribution is -2.41. The molecule has 0 aliphatic carbocycles. The lowest BCUT2D eigenvalue weighted by Gasteiger charge is -2.10. The number of ether oxygens (including phenoxy) is 2. The smallest absolute Gasteiger partial charge is 0.269 e. The number of nitrogens with one attached hydrogen (secondary N) is 2. The van der Waals surface area contributed by atoms with Crippen LogP contribution in [0.15, 0.2) is 42.5 Å². The normalized spacial score (nSPS) is 10.5. The average Bonchev–Trinajstić information content (AvgIpc) is 2.64. The Hall–Kier alpha value is -2.99. The quantitative estimate of drug-likeness (QED) is 0.622. The molecule has 0 aromatic heterocycles. The summed E-state index contributed by atoms with van der Waals surface area (Å²) in [7, 11) is 2.99. The molecule has 0 aliphatic rings. The largest absolute Gasteiger partial charge is 0.493 e. The molecule has 0 unspecified atom stereocenters. The van der Waals surface area contributed by atoms with Crippen molar-refractivity contribution < 1.29 is 19.1 Å². The van der Waals surface area contributed by atoms with E-state index in [0.29, 0.717) is 27.6 Å². The van der Waals surface area contributed by atoms with Crippen molar-refractivity contribution in [3.05, 3.63) is 64.2 Å². The third kappa shape index (κ3) is 4.77. The molecule has 2 rings (SSSR count). The number of hydrazine groups is 1. The van der Waals surface area contributed by atoms with E-state index in [2.05, 4.69) is 10.9 Å². The van der Waals surface area contributed by atoms with Crippen LogP contribution in [0.1, 0.15) is 21.5 Å². The Morgan fingerprint density at radius 1 is 1.08 bits per heavy atom. The standard InChI is InChI=1S/C19H19ClN2O4/c1-12-6-4-5-7-14(12)19(24)22-21-17(23)9-8-13-10-15(20)18(26-3)16(11-13)25-2/h4-11H,1-3H3,(H,21,23)(H,22,24)/b9-8+. The lowest BCUT2D eigenvalue weighted by atomic mass is 10.1. The molecule has 136 valence electrons. The summed E-state index contributed by atoms with van der Waals surface area (Å²) in [5.74, 6) is -0.00831. The zero-order chi connectivity index (χ0) is 19.1. The second-order valence-electron chi connectivity index (χ2n) is 5.33. The van der Waals surface area contributed by atoms with Crippen LogP contribution in [0.25, 0.3) is 6.08 Å². The molecule has 0 heterocycles. The molecule has 2 N–H and O–H groups in total. The molecule has 0 aliphatic heterocycles. The molecule has 2 amide bonds. The van der Waals surface area contributed by atoms with Gasteiger partial charge in [-0.1, -0.05) is 29.8 Å². The van der Waals surface area contributed by atoms with Crippen LogP contribution in [0.2, 0.25) is 5.02 Å². The molecule has 0 saturated heterocycles. The van der Waals surface area contributed by atoms with Gasteiger partial charge in [0.15, 0.2) is 11.5 Å². The Kier molecular flexibility index (Phi) is 6.63. The van der Waals surface area contributed by atoms with Crippen molar-refractivity contribution in [1.82, 2.24) is 10.9 Å². The number of carbonyl (C=O) groups excluding carboxylic acids is 2. The first-order valence-corrected chi connectivity index (χ1v) is 8.09. The fourth-order valence-electron chi connectivity index (χ4n) is 2.26. The van der Waals surface area contributed by atoms with Gasteiger partial charge in [0.05, 0.1) is 19.2 Å². The summed E-state index contributed by atoms with van der Waals surface area (Å²) >= 11 is 6.12. The lowest BCUT2D eigenvalue weighted by molar-refractivity contribution is -0.117. The van der Waals surface area contributed by atoms with Crippen LogP contribution in [0.3, 0.4) is 0 Å². The predicted molar refractivity (Wildman–Crippen MR) is 100 cm³/mol. The van der Waals surface area contributed by atoms with Gasteiger partial charge in [0, 0.05) is 11.6 Å². The van der Waals surface area contributed by atoms with Gasteiger partial charge >= 0.3 is 0 Å². The maximum Gasteiger partial charge on any atom is 0.269 e. The second-order valence-corrected chi connectivity index (χ2v) is 5.74. The molecule has 26 heavy (non-hydrogen) atoms. The molecule has 2 aromatic rings. The number of methoxy groups -OCH3 is 2. The summed E-state index contributed by atoms with van der Waals surface area (Å²) in [6, 6.07) is 10.4. The van der Waals surface area contributed by atoms with Gasteiger partial charge in [0.25, 0.3) is 11.8 Å². The third-order valence-corrected chi connectivity index (χ3v) is 3.85. The Labute approximate surface area is 156 Å². The van der Waals surface area contributed by atoms with Gasteiger partial charge in [-0.05, 0) is 42.3 Å². The Balaban J connectivity index is 2.00. The van der Waals surface area contributed by atoms with Crippen molar-refractivity contribution in [1.29, 1.82) is 0 Å². The first-order chi connectivity index (χ1) is 12.5. The van der Waals surface area contributed by atoms with Crippen molar-refractivity contribution in [2.75, 3.05) is 14.2 Å². The number of halogens is 1. The van der Waals surface area contributed by atoms with Crippen LogP contribution in [0.5, 0.6) is 11.5 Å². The first-order valence-electron chi connectivity index (χ1n) is 7.71. The second kappa shape index (κ2) is 8.92. The molecule has 6 nitrogen and oxygen atoms in total. The molecule has 0 fully saturated rings. The van der Waals surface area contributed by atoms with Crippen LogP contribution >= 0.6 is 11.6 Å². The minimum absolute atomic E-state index is 0.361. The van der Waals surface area contributed by atoms with E-state index < -0.39 is 5.91 Å². The maximum atomic E-state index is 12.0. The van der Waals surface area contributed by atoms with E-state index in [1.165, 1.54) is 20.3 Å². The van der Waals surface area contributed by atoms with Crippen molar-refractivity contribution in [3.8, 4) is 11.5 Å². The molecule has 0 saturated carbocycles. The van der Waals surface area contributed by atoms with Crippen LogP contribution in [0.4, 0.5) is 0 Å². The topological polar surface area (TPSA) is 76.7 Å². The first kappa shape index (κ1) is 19.3. The number of rotatable bonds is 5. The van der Waals surface area contributed by atoms with Crippen LogP contribution in [0, 0.1) is 6.92 Å². The van der Waals surface area contributed by atoms with Crippen LogP contribution < -0.4 is 20.3 Å². The zero-order valence-corrected chi connectivity index (χ0v) is 15.4. The van der Waals surface area contributed by atoms with Crippen molar-refractivity contribution in [2.45, 2.75) is 6.92 Å². The molecule has 2 aromatic carbocycles. The highest BCUT2D eigenvalue weighted by Crippen LogP contribution is 2.36. The monoisotopic (exact) mass is 374 g/mol. The molecule has 0 spiro atoms. The minimum Gasteiger partial charge on any atom is -0.493 e. The Bertz CT molecular complexity index is 849. The average molecular weight is 375 g/mol. The SMILES string of the molecule is COc1cc(/C=C/C(=O)NNC(=O)c2ccccc2C)cc(Cl)c1OC. The number of hydrogen-bond acceptors (Lipinski definition) is 4. The van der Waals surface area contributed by atoms with E-state index in [9.17, 15) is 9.59 Å². The number of aryl methyl sites for hydroxylation is 1. The summed E-state index contributed by atoms with van der Waals surface area (Å²) in [5.41, 5.74) is 6.65. The Morgan fingerprint density at radius 2 is 1.81 bits per heavy atom. The van der Waals surface area contributed by atoms with E-state index in [-0.39, 0.29) is 5.91 Å². The summed E-state index contributed by atoms with van der Waals surface area (Å²) in [5, 5.41) is 0.361. The van der Waals surface area contributed by atoms with Gasteiger partial charge in [-0.2, -0.15) is 0 Å². The molecule has 0 atom stereocenters. The van der Waals surface area contributed by atoms with E-state index in [0.717, 1.165) is 5.56 Å². The molecular weight excluding hydrogens is 356 g/mol. The third-order valence-electron chi connectivity index (χ3n) is 3.57. The highest BCUT2D eigenvalue weighted by molar-refractivity contribution is 6.32. The minimum atomic E-state index is -0.488. The predicted octanol–water partition coefficient (Wildman–Crippen LogP) is 3.14.